The van der Waals surface area contributed by atoms with E-state index in [1.807, 2.05) is 13.8 Å². The van der Waals surface area contributed by atoms with Crippen LogP contribution in [0.5, 0.6) is 0 Å². The Morgan fingerprint density at radius 2 is 1.90 bits per heavy atom. The van der Waals surface area contributed by atoms with E-state index in [2.05, 4.69) is 10.6 Å². The van der Waals surface area contributed by atoms with Crippen LogP contribution in [-0.4, -0.2) is 42.0 Å². The van der Waals surface area contributed by atoms with Gasteiger partial charge < -0.3 is 20.5 Å². The Kier molecular flexibility index (Phi) is 5.66. The maximum absolute atomic E-state index is 11.9. The number of urea groups is 1. The zero-order valence-electron chi connectivity index (χ0n) is 12.6. The third kappa shape index (κ3) is 4.94. The lowest BCUT2D eigenvalue weighted by Crippen LogP contribution is -2.48. The molecule has 116 valence electrons. The predicted octanol–water partition coefficient (Wildman–Crippen LogP) is 1.79. The Morgan fingerprint density at radius 3 is 2.55 bits per heavy atom. The van der Waals surface area contributed by atoms with Crippen molar-refractivity contribution in [3.05, 3.63) is 0 Å². The highest BCUT2D eigenvalue weighted by Gasteiger charge is 2.26. The third-order valence-corrected chi connectivity index (χ3v) is 4.34. The summed E-state index contributed by atoms with van der Waals surface area (Å²) in [5, 5.41) is 15.6. The van der Waals surface area contributed by atoms with Crippen molar-refractivity contribution in [3.63, 3.8) is 0 Å². The lowest BCUT2D eigenvalue weighted by molar-refractivity contribution is -0.0402. The first-order valence-corrected chi connectivity index (χ1v) is 7.90. The molecule has 2 fully saturated rings. The molecule has 20 heavy (non-hydrogen) atoms. The van der Waals surface area contributed by atoms with Gasteiger partial charge in [0.15, 0.2) is 0 Å². The van der Waals surface area contributed by atoms with Crippen LogP contribution in [0.15, 0.2) is 0 Å². The molecule has 0 aromatic heterocycles. The summed E-state index contributed by atoms with van der Waals surface area (Å²) in [6.07, 6.45) is 5.85. The fraction of sp³-hybridized carbons (Fsp3) is 0.933. The molecule has 5 nitrogen and oxygen atoms in total. The Hall–Kier alpha value is -0.810. The highest BCUT2D eigenvalue weighted by Crippen LogP contribution is 2.23. The van der Waals surface area contributed by atoms with Crippen LogP contribution in [0.2, 0.25) is 0 Å². The summed E-state index contributed by atoms with van der Waals surface area (Å²) < 4.78 is 5.67. The number of aliphatic hydroxyl groups is 1. The maximum atomic E-state index is 11.9. The van der Waals surface area contributed by atoms with E-state index in [0.717, 1.165) is 38.5 Å². The van der Waals surface area contributed by atoms with Crippen LogP contribution in [0.1, 0.15) is 52.4 Å². The van der Waals surface area contributed by atoms with Crippen LogP contribution in [-0.2, 0) is 4.74 Å². The van der Waals surface area contributed by atoms with Crippen molar-refractivity contribution >= 4 is 6.03 Å². The van der Waals surface area contributed by atoms with Crippen molar-refractivity contribution < 1.29 is 14.6 Å². The molecule has 1 saturated heterocycles. The first-order valence-electron chi connectivity index (χ1n) is 7.90. The summed E-state index contributed by atoms with van der Waals surface area (Å²) >= 11 is 0. The number of hydrogen-bond acceptors (Lipinski definition) is 3. The first kappa shape index (κ1) is 15.6. The van der Waals surface area contributed by atoms with Gasteiger partial charge in [-0.1, -0.05) is 6.42 Å². The van der Waals surface area contributed by atoms with Gasteiger partial charge in [-0.2, -0.15) is 0 Å². The average molecular weight is 284 g/mol. The monoisotopic (exact) mass is 284 g/mol. The van der Waals surface area contributed by atoms with Crippen molar-refractivity contribution in [3.8, 4) is 0 Å². The van der Waals surface area contributed by atoms with Gasteiger partial charge in [-0.05, 0) is 51.9 Å². The van der Waals surface area contributed by atoms with Gasteiger partial charge in [-0.3, -0.25) is 0 Å². The third-order valence-electron chi connectivity index (χ3n) is 4.34. The number of aliphatic hydroxyl groups excluding tert-OH is 1. The van der Waals surface area contributed by atoms with Gasteiger partial charge in [0.05, 0.1) is 18.3 Å². The minimum atomic E-state index is -0.184. The van der Waals surface area contributed by atoms with Crippen molar-refractivity contribution in [1.29, 1.82) is 0 Å². The van der Waals surface area contributed by atoms with Crippen LogP contribution in [0.25, 0.3) is 0 Å². The number of ether oxygens (including phenoxy) is 1. The van der Waals surface area contributed by atoms with Gasteiger partial charge in [-0.15, -0.1) is 0 Å². The number of hydrogen-bond donors (Lipinski definition) is 3. The molecule has 0 bridgehead atoms. The molecule has 1 aliphatic carbocycles. The fourth-order valence-corrected chi connectivity index (χ4v) is 3.44. The minimum absolute atomic E-state index is 0.0867. The van der Waals surface area contributed by atoms with E-state index in [1.165, 1.54) is 0 Å². The molecule has 4 atom stereocenters. The summed E-state index contributed by atoms with van der Waals surface area (Å²) in [6.45, 7) is 4.76. The zero-order chi connectivity index (χ0) is 14.5. The van der Waals surface area contributed by atoms with Gasteiger partial charge in [0.25, 0.3) is 0 Å². The van der Waals surface area contributed by atoms with Crippen molar-refractivity contribution in [1.82, 2.24) is 10.6 Å². The Balaban J connectivity index is 1.67. The number of carbonyl (C=O) groups is 1. The molecule has 4 unspecified atom stereocenters. The van der Waals surface area contributed by atoms with Crippen molar-refractivity contribution in [2.45, 2.75) is 76.7 Å². The van der Waals surface area contributed by atoms with Crippen LogP contribution in [0.4, 0.5) is 4.79 Å². The maximum Gasteiger partial charge on any atom is 0.315 e. The summed E-state index contributed by atoms with van der Waals surface area (Å²) in [7, 11) is 0. The Bertz CT molecular complexity index is 314. The second kappa shape index (κ2) is 7.27. The normalized spacial score (nSPS) is 38.2. The van der Waals surface area contributed by atoms with Crippen molar-refractivity contribution in [2.24, 2.45) is 5.92 Å². The molecule has 2 rings (SSSR count). The molecule has 1 aliphatic heterocycles. The van der Waals surface area contributed by atoms with Gasteiger partial charge in [0.2, 0.25) is 0 Å². The van der Waals surface area contributed by atoms with Crippen LogP contribution in [0, 0.1) is 5.92 Å². The van der Waals surface area contributed by atoms with Gasteiger partial charge in [0.1, 0.15) is 0 Å². The van der Waals surface area contributed by atoms with E-state index >= 15 is 0 Å². The number of nitrogens with one attached hydrogen (secondary N) is 2. The van der Waals surface area contributed by atoms with E-state index in [0.29, 0.717) is 12.5 Å². The van der Waals surface area contributed by atoms with E-state index < -0.39 is 0 Å². The topological polar surface area (TPSA) is 70.6 Å². The second-order valence-electron chi connectivity index (χ2n) is 6.47. The molecule has 1 heterocycles. The quantitative estimate of drug-likeness (QED) is 0.740. The largest absolute Gasteiger partial charge is 0.393 e. The number of carbonyl (C=O) groups excluding carboxylic acids is 1. The molecule has 5 heteroatoms. The van der Waals surface area contributed by atoms with Crippen LogP contribution in [0.3, 0.4) is 0 Å². The van der Waals surface area contributed by atoms with E-state index in [1.54, 1.807) is 0 Å². The van der Waals surface area contributed by atoms with E-state index in [9.17, 15) is 9.90 Å². The highest BCUT2D eigenvalue weighted by atomic mass is 16.5. The van der Waals surface area contributed by atoms with Crippen LogP contribution < -0.4 is 10.6 Å². The first-order chi connectivity index (χ1) is 9.52. The number of rotatable bonds is 3. The average Bonchev–Trinajstić information content (AvgIpc) is 2.35. The molecule has 0 aromatic rings. The molecular formula is C15H28N2O3. The summed E-state index contributed by atoms with van der Waals surface area (Å²) in [5.74, 6) is 0.414. The lowest BCUT2D eigenvalue weighted by Gasteiger charge is -2.32. The summed E-state index contributed by atoms with van der Waals surface area (Å²) in [5.41, 5.74) is 0. The molecule has 1 saturated carbocycles. The zero-order valence-corrected chi connectivity index (χ0v) is 12.6. The lowest BCUT2D eigenvalue weighted by atomic mass is 9.87. The fourth-order valence-electron chi connectivity index (χ4n) is 3.44. The molecule has 0 radical (unpaired) electrons. The van der Waals surface area contributed by atoms with Gasteiger partial charge >= 0.3 is 6.03 Å². The smallest absolute Gasteiger partial charge is 0.315 e. The number of amides is 2. The summed E-state index contributed by atoms with van der Waals surface area (Å²) in [4.78, 5) is 11.9. The molecular weight excluding hydrogens is 256 g/mol. The second-order valence-corrected chi connectivity index (χ2v) is 6.47. The minimum Gasteiger partial charge on any atom is -0.393 e. The van der Waals surface area contributed by atoms with E-state index in [-0.39, 0.29) is 30.4 Å². The Labute approximate surface area is 121 Å². The van der Waals surface area contributed by atoms with Gasteiger partial charge in [-0.25, -0.2) is 4.79 Å². The molecule has 0 spiro atoms. The molecule has 2 amide bonds. The summed E-state index contributed by atoms with van der Waals surface area (Å²) in [6, 6.07) is 0.113. The molecule has 0 aromatic carbocycles. The van der Waals surface area contributed by atoms with E-state index in [4.69, 9.17) is 4.74 Å². The van der Waals surface area contributed by atoms with Crippen LogP contribution >= 0.6 is 0 Å². The predicted molar refractivity (Wildman–Crippen MR) is 77.5 cm³/mol. The van der Waals surface area contributed by atoms with Crippen molar-refractivity contribution in [2.75, 3.05) is 6.54 Å². The highest BCUT2D eigenvalue weighted by molar-refractivity contribution is 5.74. The SMILES string of the molecule is CC1CC(NC(=O)NCC2CCCC(O)C2)CC(C)O1. The Morgan fingerprint density at radius 1 is 1.20 bits per heavy atom. The molecule has 3 N–H and O–H groups in total. The molecule has 2 aliphatic rings. The van der Waals surface area contributed by atoms with Gasteiger partial charge in [0, 0.05) is 12.6 Å². The standard InChI is InChI=1S/C15H28N2O3/c1-10-6-13(7-11(2)20-10)17-15(19)16-9-12-4-3-5-14(18)8-12/h10-14,18H,3-9H2,1-2H3,(H2,16,17,19).